The third-order valence-electron chi connectivity index (χ3n) is 5.87. The van der Waals surface area contributed by atoms with Gasteiger partial charge >= 0.3 is 0 Å². The summed E-state index contributed by atoms with van der Waals surface area (Å²) in [5, 5.41) is 6.82. The first-order valence-corrected chi connectivity index (χ1v) is 11.7. The van der Waals surface area contributed by atoms with Gasteiger partial charge in [0.05, 0.1) is 18.8 Å². The van der Waals surface area contributed by atoms with Gasteiger partial charge in [-0.2, -0.15) is 0 Å². The van der Waals surface area contributed by atoms with Crippen LogP contribution in [-0.4, -0.2) is 72.6 Å². The Hall–Kier alpha value is -2.12. The zero-order valence-electron chi connectivity index (χ0n) is 19.6. The van der Waals surface area contributed by atoms with Gasteiger partial charge in [-0.3, -0.25) is 9.69 Å². The fourth-order valence-electron chi connectivity index (χ4n) is 4.43. The Labute approximate surface area is 187 Å². The second-order valence-corrected chi connectivity index (χ2v) is 8.79. The highest BCUT2D eigenvalue weighted by Gasteiger charge is 2.26. The van der Waals surface area contributed by atoms with Gasteiger partial charge < -0.3 is 20.3 Å². The van der Waals surface area contributed by atoms with E-state index in [0.717, 1.165) is 51.6 Å². The van der Waals surface area contributed by atoms with E-state index in [2.05, 4.69) is 60.6 Å². The van der Waals surface area contributed by atoms with E-state index in [1.807, 2.05) is 11.8 Å². The average molecular weight is 430 g/mol. The zero-order valence-corrected chi connectivity index (χ0v) is 19.6. The third-order valence-corrected chi connectivity index (χ3v) is 5.87. The van der Waals surface area contributed by atoms with Crippen LogP contribution in [-0.2, 0) is 22.6 Å². The molecule has 2 N–H and O–H groups in total. The standard InChI is InChI=1S/C24H39N5O2/c1-5-23(30)29-12-11-22(17-29)27-24(25-6-2)26-13-20-7-9-21(10-8-20)16-28-14-18(3)31-19(4)15-28/h7-10,18-19,22H,5-6,11-17H2,1-4H3,(H2,25,26,27). The molecule has 3 atom stereocenters. The minimum Gasteiger partial charge on any atom is -0.373 e. The quantitative estimate of drug-likeness (QED) is 0.514. The lowest BCUT2D eigenvalue weighted by atomic mass is 10.1. The monoisotopic (exact) mass is 429 g/mol. The first-order valence-electron chi connectivity index (χ1n) is 11.7. The first kappa shape index (κ1) is 23.5. The second kappa shape index (κ2) is 11.5. The van der Waals surface area contributed by atoms with Crippen LogP contribution in [0.4, 0.5) is 0 Å². The zero-order chi connectivity index (χ0) is 22.2. The van der Waals surface area contributed by atoms with E-state index in [1.165, 1.54) is 11.1 Å². The van der Waals surface area contributed by atoms with E-state index in [1.54, 1.807) is 0 Å². The molecule has 7 nitrogen and oxygen atoms in total. The Morgan fingerprint density at radius 3 is 2.42 bits per heavy atom. The number of amides is 1. The highest BCUT2D eigenvalue weighted by molar-refractivity contribution is 5.80. The number of hydrogen-bond donors (Lipinski definition) is 2. The number of likely N-dealkylation sites (tertiary alicyclic amines) is 1. The molecule has 0 saturated carbocycles. The van der Waals surface area contributed by atoms with Crippen molar-refractivity contribution in [3.05, 3.63) is 35.4 Å². The van der Waals surface area contributed by atoms with Crippen LogP contribution in [0.1, 0.15) is 51.7 Å². The third kappa shape index (κ3) is 7.21. The number of benzene rings is 1. The van der Waals surface area contributed by atoms with Crippen LogP contribution in [0.25, 0.3) is 0 Å². The highest BCUT2D eigenvalue weighted by atomic mass is 16.5. The van der Waals surface area contributed by atoms with E-state index >= 15 is 0 Å². The van der Waals surface area contributed by atoms with Crippen LogP contribution in [0.2, 0.25) is 0 Å². The molecule has 2 saturated heterocycles. The molecule has 1 aromatic rings. The van der Waals surface area contributed by atoms with Crippen molar-refractivity contribution < 1.29 is 9.53 Å². The summed E-state index contributed by atoms with van der Waals surface area (Å²) in [6, 6.07) is 9.02. The molecule has 2 fully saturated rings. The van der Waals surface area contributed by atoms with Gasteiger partial charge in [0, 0.05) is 51.7 Å². The van der Waals surface area contributed by atoms with Crippen molar-refractivity contribution in [1.29, 1.82) is 0 Å². The fraction of sp³-hybridized carbons (Fsp3) is 0.667. The minimum absolute atomic E-state index is 0.229. The number of carbonyl (C=O) groups is 1. The van der Waals surface area contributed by atoms with Crippen molar-refractivity contribution in [3.63, 3.8) is 0 Å². The van der Waals surface area contributed by atoms with Crippen LogP contribution < -0.4 is 10.6 Å². The van der Waals surface area contributed by atoms with E-state index in [0.29, 0.717) is 25.2 Å². The van der Waals surface area contributed by atoms with Gasteiger partial charge in [0.1, 0.15) is 0 Å². The van der Waals surface area contributed by atoms with Crippen LogP contribution in [0.3, 0.4) is 0 Å². The molecule has 3 unspecified atom stereocenters. The number of rotatable bonds is 7. The number of nitrogens with zero attached hydrogens (tertiary/aromatic N) is 3. The Balaban J connectivity index is 1.52. The maximum absolute atomic E-state index is 11.9. The summed E-state index contributed by atoms with van der Waals surface area (Å²) in [4.78, 5) is 21.1. The maximum atomic E-state index is 11.9. The van der Waals surface area contributed by atoms with E-state index < -0.39 is 0 Å². The molecular weight excluding hydrogens is 390 g/mol. The summed E-state index contributed by atoms with van der Waals surface area (Å²) >= 11 is 0. The summed E-state index contributed by atoms with van der Waals surface area (Å²) in [7, 11) is 0. The van der Waals surface area contributed by atoms with Crippen molar-refractivity contribution in [2.75, 3.05) is 32.7 Å². The van der Waals surface area contributed by atoms with Gasteiger partial charge in [-0.05, 0) is 38.3 Å². The van der Waals surface area contributed by atoms with Crippen LogP contribution in [0.5, 0.6) is 0 Å². The van der Waals surface area contributed by atoms with E-state index in [-0.39, 0.29) is 11.9 Å². The normalized spacial score (nSPS) is 25.0. The topological polar surface area (TPSA) is 69.2 Å². The van der Waals surface area contributed by atoms with Crippen molar-refractivity contribution in [3.8, 4) is 0 Å². The van der Waals surface area contributed by atoms with Crippen molar-refractivity contribution in [1.82, 2.24) is 20.4 Å². The summed E-state index contributed by atoms with van der Waals surface area (Å²) in [6.45, 7) is 14.2. The predicted molar refractivity (Wildman–Crippen MR) is 125 cm³/mol. The molecule has 0 bridgehead atoms. The summed E-state index contributed by atoms with van der Waals surface area (Å²) in [5.74, 6) is 1.05. The van der Waals surface area contributed by atoms with Gasteiger partial charge in [0.15, 0.2) is 5.96 Å². The molecule has 3 rings (SSSR count). The number of nitrogens with one attached hydrogen (secondary N) is 2. The van der Waals surface area contributed by atoms with Crippen molar-refractivity contribution in [2.45, 2.75) is 71.9 Å². The number of hydrogen-bond acceptors (Lipinski definition) is 4. The number of guanidine groups is 1. The molecule has 172 valence electrons. The lowest BCUT2D eigenvalue weighted by molar-refractivity contribution is -0.129. The molecular formula is C24H39N5O2. The van der Waals surface area contributed by atoms with Crippen LogP contribution in [0, 0.1) is 0 Å². The molecule has 0 aromatic heterocycles. The lowest BCUT2D eigenvalue weighted by Gasteiger charge is -2.35. The largest absolute Gasteiger partial charge is 0.373 e. The van der Waals surface area contributed by atoms with E-state index in [9.17, 15) is 4.79 Å². The Morgan fingerprint density at radius 1 is 1.10 bits per heavy atom. The molecule has 1 aromatic carbocycles. The van der Waals surface area contributed by atoms with Crippen LogP contribution in [0.15, 0.2) is 29.3 Å². The molecule has 1 amide bonds. The fourth-order valence-corrected chi connectivity index (χ4v) is 4.43. The lowest BCUT2D eigenvalue weighted by Crippen LogP contribution is -2.45. The Kier molecular flexibility index (Phi) is 8.72. The summed E-state index contributed by atoms with van der Waals surface area (Å²) < 4.78 is 5.83. The number of carbonyl (C=O) groups excluding carboxylic acids is 1. The predicted octanol–water partition coefficient (Wildman–Crippen LogP) is 2.36. The van der Waals surface area contributed by atoms with Gasteiger partial charge in [0.2, 0.25) is 5.91 Å². The number of morpholine rings is 1. The van der Waals surface area contributed by atoms with E-state index in [4.69, 9.17) is 9.73 Å². The van der Waals surface area contributed by atoms with Crippen molar-refractivity contribution in [2.24, 2.45) is 4.99 Å². The van der Waals surface area contributed by atoms with Gasteiger partial charge in [-0.1, -0.05) is 31.2 Å². The molecule has 0 spiro atoms. The van der Waals surface area contributed by atoms with Gasteiger partial charge in [0.25, 0.3) is 0 Å². The average Bonchev–Trinajstić information content (AvgIpc) is 3.20. The SMILES string of the molecule is CCNC(=NCc1ccc(CN2CC(C)OC(C)C2)cc1)NC1CCN(C(=O)CC)C1. The summed E-state index contributed by atoms with van der Waals surface area (Å²) in [5.41, 5.74) is 2.52. The Bertz CT molecular complexity index is 726. The molecule has 7 heteroatoms. The highest BCUT2D eigenvalue weighted by Crippen LogP contribution is 2.15. The molecule has 0 aliphatic carbocycles. The molecule has 31 heavy (non-hydrogen) atoms. The minimum atomic E-state index is 0.229. The first-order chi connectivity index (χ1) is 15.0. The molecule has 2 heterocycles. The van der Waals surface area contributed by atoms with Crippen LogP contribution >= 0.6 is 0 Å². The molecule has 2 aliphatic heterocycles. The molecule has 0 radical (unpaired) electrons. The summed E-state index contributed by atoms with van der Waals surface area (Å²) in [6.07, 6.45) is 2.12. The smallest absolute Gasteiger partial charge is 0.222 e. The van der Waals surface area contributed by atoms with Gasteiger partial charge in [-0.25, -0.2) is 4.99 Å². The number of aliphatic imine (C=N–C) groups is 1. The molecule has 2 aliphatic rings. The number of ether oxygens (including phenoxy) is 1. The van der Waals surface area contributed by atoms with Crippen molar-refractivity contribution >= 4 is 11.9 Å². The maximum Gasteiger partial charge on any atom is 0.222 e. The van der Waals surface area contributed by atoms with Gasteiger partial charge in [-0.15, -0.1) is 0 Å². The second-order valence-electron chi connectivity index (χ2n) is 8.79. The Morgan fingerprint density at radius 2 is 1.77 bits per heavy atom.